The average Bonchev–Trinajstić information content (AvgIpc) is 2.95. The number of hydrogen-bond acceptors (Lipinski definition) is 4. The molecule has 0 atom stereocenters. The van der Waals surface area contributed by atoms with Gasteiger partial charge in [-0.25, -0.2) is 0 Å². The maximum Gasteiger partial charge on any atom is 0.212 e. The van der Waals surface area contributed by atoms with Crippen LogP contribution in [0.1, 0.15) is 11.3 Å². The molecule has 0 saturated heterocycles. The van der Waals surface area contributed by atoms with E-state index in [2.05, 4.69) is 5.16 Å². The number of nitrogens with two attached hydrogens (primary N) is 1. The van der Waals surface area contributed by atoms with Crippen molar-refractivity contribution < 1.29 is 8.94 Å². The Morgan fingerprint density at radius 3 is 2.63 bits per heavy atom. The molecule has 0 amide bonds. The third-order valence-electron chi connectivity index (χ3n) is 2.99. The van der Waals surface area contributed by atoms with Gasteiger partial charge in [0.2, 0.25) is 5.76 Å². The van der Waals surface area contributed by atoms with E-state index >= 15 is 0 Å². The summed E-state index contributed by atoms with van der Waals surface area (Å²) in [7, 11) is 0. The maximum absolute atomic E-state index is 5.92. The minimum absolute atomic E-state index is 0.370. The summed E-state index contributed by atoms with van der Waals surface area (Å²) in [6.45, 7) is 3.92. The van der Waals surface area contributed by atoms with E-state index in [1.807, 2.05) is 50.2 Å². The molecule has 0 bridgehead atoms. The van der Waals surface area contributed by atoms with Gasteiger partial charge >= 0.3 is 0 Å². The summed E-state index contributed by atoms with van der Waals surface area (Å²) < 4.78 is 10.9. The predicted octanol–water partition coefficient (Wildman–Crippen LogP) is 3.80. The van der Waals surface area contributed by atoms with Gasteiger partial charge in [-0.3, -0.25) is 0 Å². The van der Waals surface area contributed by atoms with Crippen molar-refractivity contribution in [1.29, 1.82) is 0 Å². The van der Waals surface area contributed by atoms with E-state index in [0.29, 0.717) is 17.3 Å². The smallest absolute Gasteiger partial charge is 0.212 e. The highest BCUT2D eigenvalue weighted by Crippen LogP contribution is 2.37. The number of furan rings is 1. The number of hydrogen-bond donors (Lipinski definition) is 1. The van der Waals surface area contributed by atoms with Crippen LogP contribution in [0.5, 0.6) is 0 Å². The summed E-state index contributed by atoms with van der Waals surface area (Å²) in [5.74, 6) is 2.39. The van der Waals surface area contributed by atoms with E-state index in [0.717, 1.165) is 22.5 Å². The number of nitrogens with zero attached hydrogens (tertiary/aromatic N) is 1. The van der Waals surface area contributed by atoms with Crippen LogP contribution in [0.25, 0.3) is 22.6 Å². The predicted molar refractivity (Wildman–Crippen MR) is 73.5 cm³/mol. The fraction of sp³-hybridized carbons (Fsp3) is 0.133. The van der Waals surface area contributed by atoms with Gasteiger partial charge in [0.05, 0.1) is 5.56 Å². The Morgan fingerprint density at radius 1 is 1.11 bits per heavy atom. The van der Waals surface area contributed by atoms with Crippen molar-refractivity contribution in [3.8, 4) is 22.6 Å². The van der Waals surface area contributed by atoms with E-state index in [4.69, 9.17) is 14.7 Å². The Morgan fingerprint density at radius 2 is 1.95 bits per heavy atom. The van der Waals surface area contributed by atoms with Crippen LogP contribution in [-0.2, 0) is 0 Å². The van der Waals surface area contributed by atoms with Crippen LogP contribution in [-0.4, -0.2) is 5.16 Å². The summed E-state index contributed by atoms with van der Waals surface area (Å²) in [5.41, 5.74) is 8.82. The Kier molecular flexibility index (Phi) is 2.63. The number of aromatic nitrogens is 1. The summed E-state index contributed by atoms with van der Waals surface area (Å²) in [4.78, 5) is 0. The lowest BCUT2D eigenvalue weighted by molar-refractivity contribution is 0.418. The highest BCUT2D eigenvalue weighted by molar-refractivity contribution is 5.85. The molecule has 19 heavy (non-hydrogen) atoms. The van der Waals surface area contributed by atoms with Crippen LogP contribution in [0.2, 0.25) is 0 Å². The first-order chi connectivity index (χ1) is 9.15. The number of rotatable bonds is 2. The fourth-order valence-corrected chi connectivity index (χ4v) is 2.11. The summed E-state index contributed by atoms with van der Waals surface area (Å²) in [6, 6.07) is 11.8. The van der Waals surface area contributed by atoms with Crippen molar-refractivity contribution in [1.82, 2.24) is 5.16 Å². The Hall–Kier alpha value is -2.49. The normalized spacial score (nSPS) is 10.8. The molecule has 0 aliphatic carbocycles. The molecule has 2 aromatic heterocycles. The van der Waals surface area contributed by atoms with Gasteiger partial charge in [-0.2, -0.15) is 0 Å². The summed E-state index contributed by atoms with van der Waals surface area (Å²) in [5, 5.41) is 3.85. The molecule has 3 aromatic rings. The van der Waals surface area contributed by atoms with Gasteiger partial charge in [0.1, 0.15) is 5.76 Å². The SMILES string of the molecule is Cc1cccc(-c2c(N)noc2-c2ccc(C)o2)c1. The largest absolute Gasteiger partial charge is 0.458 e. The van der Waals surface area contributed by atoms with Gasteiger partial charge in [-0.15, -0.1) is 0 Å². The number of benzene rings is 1. The molecule has 4 heteroatoms. The van der Waals surface area contributed by atoms with E-state index in [1.54, 1.807) is 0 Å². The zero-order valence-corrected chi connectivity index (χ0v) is 10.8. The van der Waals surface area contributed by atoms with Gasteiger partial charge in [-0.05, 0) is 31.5 Å². The van der Waals surface area contributed by atoms with Crippen molar-refractivity contribution in [2.75, 3.05) is 5.73 Å². The third-order valence-corrected chi connectivity index (χ3v) is 2.99. The molecule has 2 heterocycles. The molecule has 1 aromatic carbocycles. The van der Waals surface area contributed by atoms with E-state index in [9.17, 15) is 0 Å². The van der Waals surface area contributed by atoms with Crippen molar-refractivity contribution in [2.45, 2.75) is 13.8 Å². The highest BCUT2D eigenvalue weighted by Gasteiger charge is 2.20. The van der Waals surface area contributed by atoms with Crippen molar-refractivity contribution in [2.24, 2.45) is 0 Å². The lowest BCUT2D eigenvalue weighted by atomic mass is 10.0. The lowest BCUT2D eigenvalue weighted by Gasteiger charge is -2.02. The lowest BCUT2D eigenvalue weighted by Crippen LogP contribution is -1.89. The first-order valence-electron chi connectivity index (χ1n) is 6.04. The second kappa shape index (κ2) is 4.31. The molecule has 0 fully saturated rings. The van der Waals surface area contributed by atoms with Gasteiger partial charge in [0.25, 0.3) is 0 Å². The zero-order valence-electron chi connectivity index (χ0n) is 10.8. The number of anilines is 1. The molecule has 0 saturated carbocycles. The Labute approximate surface area is 110 Å². The van der Waals surface area contributed by atoms with Crippen LogP contribution < -0.4 is 5.73 Å². The monoisotopic (exact) mass is 254 g/mol. The zero-order chi connectivity index (χ0) is 13.4. The second-order valence-electron chi connectivity index (χ2n) is 4.55. The molecule has 2 N–H and O–H groups in total. The first-order valence-corrected chi connectivity index (χ1v) is 6.04. The van der Waals surface area contributed by atoms with E-state index in [1.165, 1.54) is 0 Å². The molecule has 0 aliphatic rings. The van der Waals surface area contributed by atoms with Crippen LogP contribution in [0.4, 0.5) is 5.82 Å². The Bertz CT molecular complexity index is 725. The van der Waals surface area contributed by atoms with Gasteiger partial charge in [0.15, 0.2) is 11.6 Å². The standard InChI is InChI=1S/C15H14N2O2/c1-9-4-3-5-11(8-9)13-14(19-17-15(13)16)12-7-6-10(2)18-12/h3-8H,1-2H3,(H2,16,17). The molecular weight excluding hydrogens is 240 g/mol. The van der Waals surface area contributed by atoms with Gasteiger partial charge in [-0.1, -0.05) is 35.0 Å². The van der Waals surface area contributed by atoms with Crippen LogP contribution in [0.3, 0.4) is 0 Å². The van der Waals surface area contributed by atoms with Crippen LogP contribution >= 0.6 is 0 Å². The molecule has 0 aliphatic heterocycles. The number of aryl methyl sites for hydroxylation is 2. The molecule has 4 nitrogen and oxygen atoms in total. The topological polar surface area (TPSA) is 65.2 Å². The van der Waals surface area contributed by atoms with Crippen LogP contribution in [0, 0.1) is 13.8 Å². The van der Waals surface area contributed by atoms with Crippen LogP contribution in [0.15, 0.2) is 45.3 Å². The molecular formula is C15H14N2O2. The van der Waals surface area contributed by atoms with Gasteiger partial charge < -0.3 is 14.7 Å². The quantitative estimate of drug-likeness (QED) is 0.755. The highest BCUT2D eigenvalue weighted by atomic mass is 16.5. The van der Waals surface area contributed by atoms with Crippen molar-refractivity contribution in [3.63, 3.8) is 0 Å². The minimum Gasteiger partial charge on any atom is -0.458 e. The molecule has 3 rings (SSSR count). The third kappa shape index (κ3) is 2.01. The van der Waals surface area contributed by atoms with Crippen molar-refractivity contribution >= 4 is 5.82 Å². The van der Waals surface area contributed by atoms with Crippen molar-refractivity contribution in [3.05, 3.63) is 47.7 Å². The maximum atomic E-state index is 5.92. The first kappa shape index (κ1) is 11.6. The van der Waals surface area contributed by atoms with E-state index < -0.39 is 0 Å². The fourth-order valence-electron chi connectivity index (χ4n) is 2.11. The molecule has 0 unspecified atom stereocenters. The average molecular weight is 254 g/mol. The summed E-state index contributed by atoms with van der Waals surface area (Å²) >= 11 is 0. The molecule has 0 radical (unpaired) electrons. The second-order valence-corrected chi connectivity index (χ2v) is 4.55. The Balaban J connectivity index is 2.19. The molecule has 0 spiro atoms. The minimum atomic E-state index is 0.370. The number of nitrogen functional groups attached to an aromatic ring is 1. The molecule has 96 valence electrons. The van der Waals surface area contributed by atoms with Gasteiger partial charge in [0, 0.05) is 0 Å². The summed E-state index contributed by atoms with van der Waals surface area (Å²) in [6.07, 6.45) is 0. The van der Waals surface area contributed by atoms with E-state index in [-0.39, 0.29) is 0 Å².